The first-order chi connectivity index (χ1) is 17.0. The molecule has 2 saturated heterocycles. The first-order valence-electron chi connectivity index (χ1n) is 13.2. The molecule has 2 aliphatic heterocycles. The minimum Gasteiger partial charge on any atom is -0.444 e. The van der Waals surface area contributed by atoms with E-state index in [1.807, 2.05) is 6.92 Å². The number of rotatable bonds is 6. The van der Waals surface area contributed by atoms with Gasteiger partial charge in [0.15, 0.2) is 0 Å². The van der Waals surface area contributed by atoms with Crippen molar-refractivity contribution in [2.75, 3.05) is 44.7 Å². The van der Waals surface area contributed by atoms with Gasteiger partial charge >= 0.3 is 6.09 Å². The van der Waals surface area contributed by atoms with Gasteiger partial charge in [-0.2, -0.15) is 0 Å². The maximum atomic E-state index is 14.3. The SMILES string of the molecule is C[C@H](NC(=O)[C@@H]1C[C@@H](F)CN1C(=O)OC(C)(C)C)c1ccc(N2CCN(C)CC2)cc1/C=C/C1CC1. The number of hydrogen-bond acceptors (Lipinski definition) is 5. The van der Waals surface area contributed by atoms with Gasteiger partial charge in [-0.25, -0.2) is 9.18 Å². The van der Waals surface area contributed by atoms with Crippen molar-refractivity contribution in [1.29, 1.82) is 0 Å². The zero-order valence-corrected chi connectivity index (χ0v) is 22.3. The van der Waals surface area contributed by atoms with Crippen molar-refractivity contribution in [3.05, 3.63) is 35.4 Å². The molecule has 36 heavy (non-hydrogen) atoms. The molecule has 0 radical (unpaired) electrons. The van der Waals surface area contributed by atoms with Crippen molar-refractivity contribution in [2.24, 2.45) is 5.92 Å². The minimum absolute atomic E-state index is 0.0193. The quantitative estimate of drug-likeness (QED) is 0.628. The Morgan fingerprint density at radius 1 is 1.17 bits per heavy atom. The van der Waals surface area contributed by atoms with Gasteiger partial charge in [0.25, 0.3) is 0 Å². The van der Waals surface area contributed by atoms with Crippen molar-refractivity contribution in [2.45, 2.75) is 70.8 Å². The highest BCUT2D eigenvalue weighted by molar-refractivity contribution is 5.87. The van der Waals surface area contributed by atoms with Gasteiger partial charge in [0, 0.05) is 38.3 Å². The van der Waals surface area contributed by atoms with Crippen LogP contribution in [0.15, 0.2) is 24.3 Å². The second-order valence-electron chi connectivity index (χ2n) is 11.5. The topological polar surface area (TPSA) is 65.1 Å². The molecule has 1 saturated carbocycles. The lowest BCUT2D eigenvalue weighted by Gasteiger charge is -2.34. The van der Waals surface area contributed by atoms with Crippen LogP contribution in [0.25, 0.3) is 6.08 Å². The Morgan fingerprint density at radius 2 is 1.86 bits per heavy atom. The zero-order valence-electron chi connectivity index (χ0n) is 22.3. The van der Waals surface area contributed by atoms with Gasteiger partial charge in [-0.1, -0.05) is 18.2 Å². The number of piperazine rings is 1. The predicted octanol–water partition coefficient (Wildman–Crippen LogP) is 4.39. The first-order valence-corrected chi connectivity index (χ1v) is 13.2. The molecule has 1 N–H and O–H groups in total. The maximum Gasteiger partial charge on any atom is 0.411 e. The monoisotopic (exact) mass is 500 g/mol. The molecule has 2 heterocycles. The number of allylic oxidation sites excluding steroid dienone is 1. The molecule has 198 valence electrons. The molecule has 2 amide bonds. The molecule has 0 unspecified atom stereocenters. The number of hydrogen-bond donors (Lipinski definition) is 1. The molecule has 3 fully saturated rings. The Bertz CT molecular complexity index is 979. The molecule has 1 aromatic carbocycles. The number of likely N-dealkylation sites (N-methyl/N-ethyl adjacent to an activating group) is 1. The smallest absolute Gasteiger partial charge is 0.411 e. The summed E-state index contributed by atoms with van der Waals surface area (Å²) in [6, 6.07) is 5.24. The average Bonchev–Trinajstić information content (AvgIpc) is 3.55. The molecule has 3 atom stereocenters. The maximum absolute atomic E-state index is 14.3. The van der Waals surface area contributed by atoms with Crippen LogP contribution in [0.3, 0.4) is 0 Å². The van der Waals surface area contributed by atoms with E-state index in [1.54, 1.807) is 20.8 Å². The van der Waals surface area contributed by atoms with Crippen LogP contribution in [0.5, 0.6) is 0 Å². The van der Waals surface area contributed by atoms with Crippen LogP contribution >= 0.6 is 0 Å². The van der Waals surface area contributed by atoms with Gasteiger partial charge in [-0.15, -0.1) is 0 Å². The number of amides is 2. The summed E-state index contributed by atoms with van der Waals surface area (Å²) < 4.78 is 19.7. The highest BCUT2D eigenvalue weighted by Gasteiger charge is 2.42. The van der Waals surface area contributed by atoms with Crippen molar-refractivity contribution < 1.29 is 18.7 Å². The van der Waals surface area contributed by atoms with Crippen LogP contribution < -0.4 is 10.2 Å². The minimum atomic E-state index is -1.25. The van der Waals surface area contributed by atoms with Gasteiger partial charge in [-0.3, -0.25) is 9.69 Å². The number of nitrogens with one attached hydrogen (secondary N) is 1. The van der Waals surface area contributed by atoms with E-state index in [9.17, 15) is 14.0 Å². The number of halogens is 1. The van der Waals surface area contributed by atoms with Crippen LogP contribution in [-0.4, -0.2) is 79.4 Å². The fraction of sp³-hybridized carbons (Fsp3) is 0.643. The molecule has 3 aliphatic rings. The summed E-state index contributed by atoms with van der Waals surface area (Å²) in [5.41, 5.74) is 2.57. The predicted molar refractivity (Wildman–Crippen MR) is 141 cm³/mol. The van der Waals surface area contributed by atoms with Crippen LogP contribution in [0.1, 0.15) is 64.1 Å². The Morgan fingerprint density at radius 3 is 2.50 bits per heavy atom. The number of carbonyl (C=O) groups excluding carboxylic acids is 2. The molecule has 4 rings (SSSR count). The number of carbonyl (C=O) groups is 2. The molecule has 8 heteroatoms. The summed E-state index contributed by atoms with van der Waals surface area (Å²) in [6.45, 7) is 11.1. The van der Waals surface area contributed by atoms with Crippen LogP contribution in [0.2, 0.25) is 0 Å². The first kappa shape index (κ1) is 26.5. The lowest BCUT2D eigenvalue weighted by molar-refractivity contribution is -0.126. The summed E-state index contributed by atoms with van der Waals surface area (Å²) in [6.07, 6.45) is 4.97. The lowest BCUT2D eigenvalue weighted by atomic mass is 9.98. The van der Waals surface area contributed by atoms with E-state index in [0.717, 1.165) is 37.3 Å². The largest absolute Gasteiger partial charge is 0.444 e. The fourth-order valence-electron chi connectivity index (χ4n) is 4.83. The van der Waals surface area contributed by atoms with Crippen molar-refractivity contribution >= 4 is 23.8 Å². The molecule has 1 aromatic rings. The van der Waals surface area contributed by atoms with E-state index < -0.39 is 23.9 Å². The summed E-state index contributed by atoms with van der Waals surface area (Å²) in [4.78, 5) is 31.8. The molecular weight excluding hydrogens is 459 g/mol. The lowest BCUT2D eigenvalue weighted by Crippen LogP contribution is -2.48. The summed E-state index contributed by atoms with van der Waals surface area (Å²) >= 11 is 0. The van der Waals surface area contributed by atoms with Crippen LogP contribution in [-0.2, 0) is 9.53 Å². The van der Waals surface area contributed by atoms with Gasteiger partial charge in [0.05, 0.1) is 12.6 Å². The summed E-state index contributed by atoms with van der Waals surface area (Å²) in [5.74, 6) is 0.283. The average molecular weight is 501 g/mol. The Hall–Kier alpha value is -2.61. The second kappa shape index (κ2) is 10.8. The second-order valence-corrected chi connectivity index (χ2v) is 11.5. The Labute approximate surface area is 214 Å². The molecule has 7 nitrogen and oxygen atoms in total. The van der Waals surface area contributed by atoms with Crippen LogP contribution in [0, 0.1) is 5.92 Å². The standard InChI is InChI=1S/C28H41FN4O3/c1-19(30-26(34)25-17-22(29)18-33(25)27(35)36-28(2,3)4)24-11-10-23(32-14-12-31(5)13-15-32)16-21(24)9-8-20-6-7-20/h8-11,16,19-20,22,25H,6-7,12-15,17-18H2,1-5H3,(H,30,34)/b9-8+/t19-,22+,25-/m0/s1. The summed E-state index contributed by atoms with van der Waals surface area (Å²) in [7, 11) is 2.15. The Balaban J connectivity index is 1.49. The number of benzene rings is 1. The third-order valence-corrected chi connectivity index (χ3v) is 7.11. The third-order valence-electron chi connectivity index (χ3n) is 7.11. The zero-order chi connectivity index (χ0) is 26.0. The Kier molecular flexibility index (Phi) is 7.93. The molecule has 0 aromatic heterocycles. The number of alkyl halides is 1. The van der Waals surface area contributed by atoms with Crippen molar-refractivity contribution in [3.63, 3.8) is 0 Å². The molecule has 0 bridgehead atoms. The van der Waals surface area contributed by atoms with Crippen LogP contribution in [0.4, 0.5) is 14.9 Å². The number of anilines is 1. The highest BCUT2D eigenvalue weighted by atomic mass is 19.1. The van der Waals surface area contributed by atoms with Gasteiger partial charge in [0.1, 0.15) is 17.8 Å². The number of likely N-dealkylation sites (tertiary alicyclic amines) is 1. The van der Waals surface area contributed by atoms with Gasteiger partial charge in [0.2, 0.25) is 5.91 Å². The van der Waals surface area contributed by atoms with Crippen molar-refractivity contribution in [3.8, 4) is 0 Å². The van der Waals surface area contributed by atoms with Gasteiger partial charge < -0.3 is 19.9 Å². The van der Waals surface area contributed by atoms with Gasteiger partial charge in [-0.05, 0) is 76.8 Å². The number of nitrogens with zero attached hydrogens (tertiary/aromatic N) is 3. The highest BCUT2D eigenvalue weighted by Crippen LogP contribution is 2.33. The van der Waals surface area contributed by atoms with E-state index in [1.165, 1.54) is 23.4 Å². The van der Waals surface area contributed by atoms with E-state index in [2.05, 4.69) is 52.5 Å². The fourth-order valence-corrected chi connectivity index (χ4v) is 4.83. The third kappa shape index (κ3) is 6.78. The van der Waals surface area contributed by atoms with E-state index in [0.29, 0.717) is 5.92 Å². The molecule has 0 spiro atoms. The molecule has 1 aliphatic carbocycles. The molecular formula is C28H41FN4O3. The number of ether oxygens (including phenoxy) is 1. The van der Waals surface area contributed by atoms with E-state index in [4.69, 9.17) is 4.74 Å². The van der Waals surface area contributed by atoms with E-state index >= 15 is 0 Å². The van der Waals surface area contributed by atoms with Crippen molar-refractivity contribution in [1.82, 2.24) is 15.1 Å². The van der Waals surface area contributed by atoms with E-state index in [-0.39, 0.29) is 24.9 Å². The summed E-state index contributed by atoms with van der Waals surface area (Å²) in [5, 5.41) is 3.05. The normalized spacial score (nSPS) is 24.3.